The first kappa shape index (κ1) is 12.9. The molecule has 2 rings (SSSR count). The minimum atomic E-state index is -0.537. The molecule has 1 aromatic carbocycles. The number of aliphatic hydroxyl groups excluding tert-OH is 1. The lowest BCUT2D eigenvalue weighted by molar-refractivity contribution is 0.0526. The highest BCUT2D eigenvalue weighted by Crippen LogP contribution is 2.32. The van der Waals surface area contributed by atoms with Crippen LogP contribution in [0.15, 0.2) is 22.7 Å². The third-order valence-corrected chi connectivity index (χ3v) is 3.55. The Balaban J connectivity index is 2.11. The van der Waals surface area contributed by atoms with Gasteiger partial charge in [-0.2, -0.15) is 0 Å². The second-order valence-corrected chi connectivity index (χ2v) is 5.19. The number of rotatable bonds is 4. The van der Waals surface area contributed by atoms with Gasteiger partial charge in [-0.1, -0.05) is 15.9 Å². The van der Waals surface area contributed by atoms with Crippen LogP contribution >= 0.6 is 15.9 Å². The number of benzene rings is 1. The molecule has 1 aromatic rings. The molecular weight excluding hydrogens is 284 g/mol. The molecule has 1 saturated heterocycles. The van der Waals surface area contributed by atoms with Crippen LogP contribution in [0.1, 0.15) is 30.9 Å². The maximum absolute atomic E-state index is 10.2. The van der Waals surface area contributed by atoms with E-state index in [1.807, 2.05) is 18.2 Å². The van der Waals surface area contributed by atoms with E-state index >= 15 is 0 Å². The monoisotopic (exact) mass is 300 g/mol. The SMILES string of the molecule is COc1ccc(Br)cc1C(O)CC1CCCO1. The molecule has 0 aliphatic carbocycles. The quantitative estimate of drug-likeness (QED) is 0.929. The third-order valence-electron chi connectivity index (χ3n) is 3.06. The highest BCUT2D eigenvalue weighted by Gasteiger charge is 2.22. The Kier molecular flexibility index (Phi) is 4.42. The molecule has 2 unspecified atom stereocenters. The molecule has 1 aliphatic heterocycles. The Hall–Kier alpha value is -0.580. The van der Waals surface area contributed by atoms with E-state index in [9.17, 15) is 5.11 Å². The molecule has 0 amide bonds. The Bertz CT molecular complexity index is 375. The molecule has 0 spiro atoms. The minimum Gasteiger partial charge on any atom is -0.496 e. The van der Waals surface area contributed by atoms with Gasteiger partial charge in [-0.25, -0.2) is 0 Å². The average molecular weight is 301 g/mol. The van der Waals surface area contributed by atoms with Gasteiger partial charge in [0.25, 0.3) is 0 Å². The molecule has 1 N–H and O–H groups in total. The van der Waals surface area contributed by atoms with Crippen molar-refractivity contribution in [2.45, 2.75) is 31.5 Å². The lowest BCUT2D eigenvalue weighted by atomic mass is 10.0. The molecule has 3 nitrogen and oxygen atoms in total. The Morgan fingerprint density at radius 3 is 3.06 bits per heavy atom. The zero-order valence-corrected chi connectivity index (χ0v) is 11.4. The lowest BCUT2D eigenvalue weighted by Crippen LogP contribution is -2.12. The maximum Gasteiger partial charge on any atom is 0.124 e. The van der Waals surface area contributed by atoms with E-state index in [4.69, 9.17) is 9.47 Å². The van der Waals surface area contributed by atoms with Gasteiger partial charge in [-0.15, -0.1) is 0 Å². The summed E-state index contributed by atoms with van der Waals surface area (Å²) < 4.78 is 11.7. The van der Waals surface area contributed by atoms with Crippen LogP contribution in [-0.2, 0) is 4.74 Å². The normalized spacial score (nSPS) is 21.5. The van der Waals surface area contributed by atoms with E-state index in [1.54, 1.807) is 7.11 Å². The van der Waals surface area contributed by atoms with Crippen molar-refractivity contribution in [2.24, 2.45) is 0 Å². The summed E-state index contributed by atoms with van der Waals surface area (Å²) in [6.07, 6.45) is 2.40. The first-order valence-electron chi connectivity index (χ1n) is 5.84. The fourth-order valence-electron chi connectivity index (χ4n) is 2.17. The van der Waals surface area contributed by atoms with E-state index in [1.165, 1.54) is 0 Å². The zero-order valence-electron chi connectivity index (χ0n) is 9.86. The first-order valence-corrected chi connectivity index (χ1v) is 6.63. The fraction of sp³-hybridized carbons (Fsp3) is 0.538. The molecule has 0 bridgehead atoms. The van der Waals surface area contributed by atoms with Crippen LogP contribution < -0.4 is 4.74 Å². The molecule has 1 aliphatic rings. The summed E-state index contributed by atoms with van der Waals surface area (Å²) >= 11 is 3.41. The van der Waals surface area contributed by atoms with Crippen LogP contribution in [0.2, 0.25) is 0 Å². The van der Waals surface area contributed by atoms with Crippen LogP contribution in [0.5, 0.6) is 5.75 Å². The summed E-state index contributed by atoms with van der Waals surface area (Å²) in [6.45, 7) is 0.813. The average Bonchev–Trinajstić information content (AvgIpc) is 2.81. The van der Waals surface area contributed by atoms with Gasteiger partial charge < -0.3 is 14.6 Å². The van der Waals surface area contributed by atoms with Crippen LogP contribution in [0.4, 0.5) is 0 Å². The molecule has 0 saturated carbocycles. The molecule has 2 atom stereocenters. The second-order valence-electron chi connectivity index (χ2n) is 4.27. The minimum absolute atomic E-state index is 0.175. The molecular formula is C13H17BrO3. The summed E-state index contributed by atoms with van der Waals surface area (Å²) in [4.78, 5) is 0. The topological polar surface area (TPSA) is 38.7 Å². The van der Waals surface area contributed by atoms with Crippen LogP contribution in [0.25, 0.3) is 0 Å². The van der Waals surface area contributed by atoms with E-state index in [-0.39, 0.29) is 6.10 Å². The summed E-state index contributed by atoms with van der Waals surface area (Å²) in [5, 5.41) is 10.2. The molecule has 0 aromatic heterocycles. The van der Waals surface area contributed by atoms with Crippen molar-refractivity contribution in [1.29, 1.82) is 0 Å². The molecule has 0 radical (unpaired) electrons. The summed E-state index contributed by atoms with van der Waals surface area (Å²) in [5.74, 6) is 0.721. The largest absolute Gasteiger partial charge is 0.496 e. The fourth-order valence-corrected chi connectivity index (χ4v) is 2.55. The van der Waals surface area contributed by atoms with Gasteiger partial charge in [0.1, 0.15) is 5.75 Å². The smallest absolute Gasteiger partial charge is 0.124 e. The number of hydrogen-bond donors (Lipinski definition) is 1. The van der Waals surface area contributed by atoms with Crippen LogP contribution in [0, 0.1) is 0 Å². The molecule has 1 fully saturated rings. The second kappa shape index (κ2) is 5.85. The van der Waals surface area contributed by atoms with E-state index in [2.05, 4.69) is 15.9 Å². The predicted molar refractivity (Wildman–Crippen MR) is 69.2 cm³/mol. The van der Waals surface area contributed by atoms with Gasteiger partial charge in [-0.3, -0.25) is 0 Å². The van der Waals surface area contributed by atoms with Gasteiger partial charge >= 0.3 is 0 Å². The van der Waals surface area contributed by atoms with Gasteiger partial charge in [-0.05, 0) is 31.0 Å². The number of hydrogen-bond acceptors (Lipinski definition) is 3. The van der Waals surface area contributed by atoms with Crippen molar-refractivity contribution in [3.8, 4) is 5.75 Å². The van der Waals surface area contributed by atoms with Crippen molar-refractivity contribution in [3.05, 3.63) is 28.2 Å². The first-order chi connectivity index (χ1) is 8.20. The molecule has 1 heterocycles. The Morgan fingerprint density at radius 2 is 2.41 bits per heavy atom. The Labute approximate surface area is 110 Å². The van der Waals surface area contributed by atoms with Crippen molar-refractivity contribution in [1.82, 2.24) is 0 Å². The number of aliphatic hydroxyl groups is 1. The van der Waals surface area contributed by atoms with E-state index in [0.29, 0.717) is 6.42 Å². The zero-order chi connectivity index (χ0) is 12.3. The number of methoxy groups -OCH3 is 1. The Morgan fingerprint density at radius 1 is 1.59 bits per heavy atom. The summed E-state index contributed by atoms with van der Waals surface area (Å²) in [7, 11) is 1.62. The van der Waals surface area contributed by atoms with Crippen molar-refractivity contribution < 1.29 is 14.6 Å². The molecule has 4 heteroatoms. The lowest BCUT2D eigenvalue weighted by Gasteiger charge is -2.18. The maximum atomic E-state index is 10.2. The summed E-state index contributed by atoms with van der Waals surface area (Å²) in [6, 6.07) is 5.66. The van der Waals surface area contributed by atoms with Crippen LogP contribution in [-0.4, -0.2) is 24.9 Å². The summed E-state index contributed by atoms with van der Waals surface area (Å²) in [5.41, 5.74) is 0.817. The van der Waals surface area contributed by atoms with Gasteiger partial charge in [0.15, 0.2) is 0 Å². The standard InChI is InChI=1S/C13H17BrO3/c1-16-13-5-4-9(14)7-11(13)12(15)8-10-3-2-6-17-10/h4-5,7,10,12,15H,2-3,6,8H2,1H3. The molecule has 17 heavy (non-hydrogen) atoms. The predicted octanol–water partition coefficient (Wildman–Crippen LogP) is 3.06. The van der Waals surface area contributed by atoms with E-state index < -0.39 is 6.10 Å². The van der Waals surface area contributed by atoms with Crippen molar-refractivity contribution >= 4 is 15.9 Å². The van der Waals surface area contributed by atoms with E-state index in [0.717, 1.165) is 35.2 Å². The number of ether oxygens (including phenoxy) is 2. The van der Waals surface area contributed by atoms with Crippen LogP contribution in [0.3, 0.4) is 0 Å². The van der Waals surface area contributed by atoms with Crippen molar-refractivity contribution in [2.75, 3.05) is 13.7 Å². The number of halogens is 1. The van der Waals surface area contributed by atoms with Gasteiger partial charge in [0.05, 0.1) is 19.3 Å². The van der Waals surface area contributed by atoms with Crippen molar-refractivity contribution in [3.63, 3.8) is 0 Å². The van der Waals surface area contributed by atoms with Gasteiger partial charge in [0, 0.05) is 23.1 Å². The third kappa shape index (κ3) is 3.21. The highest BCUT2D eigenvalue weighted by atomic mass is 79.9. The molecule has 94 valence electrons. The highest BCUT2D eigenvalue weighted by molar-refractivity contribution is 9.10. The van der Waals surface area contributed by atoms with Gasteiger partial charge in [0.2, 0.25) is 0 Å².